The summed E-state index contributed by atoms with van der Waals surface area (Å²) in [4.78, 5) is 11.6. The molecule has 0 radical (unpaired) electrons. The molecular weight excluding hydrogens is 520 g/mol. The molecule has 202 valence electrons. The second-order valence-electron chi connectivity index (χ2n) is 10.4. The maximum Gasteiger partial charge on any atom is 0.157 e. The number of benzene rings is 2. The zero-order chi connectivity index (χ0) is 27.2. The van der Waals surface area contributed by atoms with Crippen LogP contribution in [-0.4, -0.2) is 23.3 Å². The smallest absolute Gasteiger partial charge is 0.157 e. The summed E-state index contributed by atoms with van der Waals surface area (Å²) < 4.78 is 0.804. The van der Waals surface area contributed by atoms with E-state index in [2.05, 4.69) is 86.0 Å². The molecule has 0 amide bonds. The molecule has 39 heavy (non-hydrogen) atoms. The normalized spacial score (nSPS) is 15.5. The van der Waals surface area contributed by atoms with Crippen molar-refractivity contribution in [3.63, 3.8) is 0 Å². The van der Waals surface area contributed by atoms with Gasteiger partial charge in [-0.25, -0.2) is 4.98 Å². The first-order valence-electron chi connectivity index (χ1n) is 14.0. The number of aromatic nitrogens is 1. The van der Waals surface area contributed by atoms with E-state index in [1.807, 2.05) is 18.2 Å². The van der Waals surface area contributed by atoms with Crippen molar-refractivity contribution in [2.45, 2.75) is 58.9 Å². The number of anilines is 2. The minimum atomic E-state index is 0.505. The molecule has 1 saturated heterocycles. The van der Waals surface area contributed by atoms with Crippen molar-refractivity contribution < 1.29 is 0 Å². The number of thiophene rings is 1. The Morgan fingerprint density at radius 3 is 2.49 bits per heavy atom. The highest BCUT2D eigenvalue weighted by atomic mass is 35.5. The van der Waals surface area contributed by atoms with Gasteiger partial charge < -0.3 is 10.6 Å². The van der Waals surface area contributed by atoms with Gasteiger partial charge in [0.15, 0.2) is 5.82 Å². The first kappa shape index (κ1) is 27.6. The van der Waals surface area contributed by atoms with Crippen LogP contribution < -0.4 is 10.6 Å². The van der Waals surface area contributed by atoms with Gasteiger partial charge in [0.05, 0.1) is 9.85 Å². The number of aliphatic imine (C=N–C) groups is 1. The van der Waals surface area contributed by atoms with Gasteiger partial charge in [-0.2, -0.15) is 0 Å². The van der Waals surface area contributed by atoms with E-state index in [0.29, 0.717) is 12.0 Å². The molecule has 2 N–H and O–H groups in total. The predicted octanol–water partition coefficient (Wildman–Crippen LogP) is 9.82. The number of rotatable bonds is 12. The van der Waals surface area contributed by atoms with Gasteiger partial charge in [0.2, 0.25) is 0 Å². The first-order valence-corrected chi connectivity index (χ1v) is 15.2. The van der Waals surface area contributed by atoms with Gasteiger partial charge in [0, 0.05) is 40.7 Å². The van der Waals surface area contributed by atoms with E-state index in [9.17, 15) is 0 Å². The molecule has 3 heterocycles. The Balaban J connectivity index is 1.49. The lowest BCUT2D eigenvalue weighted by molar-refractivity contribution is 0.550. The summed E-state index contributed by atoms with van der Waals surface area (Å²) in [6.07, 6.45) is 9.90. The number of pyridine rings is 1. The fraction of sp³-hybridized carbons (Fsp3) is 0.333. The number of halogens is 1. The number of hydrogen-bond donors (Lipinski definition) is 2. The van der Waals surface area contributed by atoms with E-state index in [1.165, 1.54) is 37.0 Å². The van der Waals surface area contributed by atoms with Crippen LogP contribution in [0.4, 0.5) is 17.2 Å². The van der Waals surface area contributed by atoms with Crippen molar-refractivity contribution in [3.05, 3.63) is 81.0 Å². The first-order chi connectivity index (χ1) is 19.0. The largest absolute Gasteiger partial charge is 0.338 e. The summed E-state index contributed by atoms with van der Waals surface area (Å²) in [6, 6.07) is 21.3. The van der Waals surface area contributed by atoms with Gasteiger partial charge in [0.25, 0.3) is 0 Å². The molecule has 1 aliphatic heterocycles. The number of aryl methyl sites for hydroxylation is 1. The number of nitrogens with zero attached hydrogens (tertiary/aromatic N) is 2. The van der Waals surface area contributed by atoms with Crippen molar-refractivity contribution in [3.8, 4) is 0 Å². The van der Waals surface area contributed by atoms with Crippen LogP contribution in [0.15, 0.2) is 65.7 Å². The Bertz CT molecular complexity index is 1460. The zero-order valence-corrected chi connectivity index (χ0v) is 24.6. The van der Waals surface area contributed by atoms with Crippen LogP contribution in [0, 0.1) is 12.8 Å². The van der Waals surface area contributed by atoms with Crippen LogP contribution in [-0.2, 0) is 0 Å². The number of para-hydroxylation sites is 1. The Kier molecular flexibility index (Phi) is 9.13. The summed E-state index contributed by atoms with van der Waals surface area (Å²) in [5, 5.41) is 8.26. The Hall–Kier alpha value is -2.99. The van der Waals surface area contributed by atoms with E-state index in [-0.39, 0.29) is 0 Å². The third-order valence-corrected chi connectivity index (χ3v) is 8.47. The Morgan fingerprint density at radius 1 is 1.08 bits per heavy atom. The van der Waals surface area contributed by atoms with Gasteiger partial charge in [-0.05, 0) is 73.2 Å². The van der Waals surface area contributed by atoms with Crippen molar-refractivity contribution in [1.82, 2.24) is 10.3 Å². The predicted molar refractivity (Wildman–Crippen MR) is 171 cm³/mol. The lowest BCUT2D eigenvalue weighted by Crippen LogP contribution is -2.18. The molecule has 1 unspecified atom stereocenters. The van der Waals surface area contributed by atoms with Crippen LogP contribution in [0.3, 0.4) is 0 Å². The summed E-state index contributed by atoms with van der Waals surface area (Å²) in [7, 11) is 0. The lowest BCUT2D eigenvalue weighted by Gasteiger charge is -2.20. The molecule has 0 saturated carbocycles. The molecule has 4 nitrogen and oxygen atoms in total. The molecule has 0 spiro atoms. The summed E-state index contributed by atoms with van der Waals surface area (Å²) in [5.41, 5.74) is 6.55. The third kappa shape index (κ3) is 7.16. The standard InChI is InChI=1S/C33H37ClN4S/c1-4-8-24(9-5-2)30(20-26-21-35-26)37-32-22(3)28-10-6-7-11-29(28)38-33(32)36-25-15-12-23(13-16-25)14-17-27-18-19-31(34)39-27/h6-7,10-19,24,26,35H,4-5,8-9,20-21H2,1-3H3,(H,36,38)/b17-14+,37-30?. The van der Waals surface area contributed by atoms with Gasteiger partial charge in [-0.15, -0.1) is 11.3 Å². The van der Waals surface area contributed by atoms with Crippen molar-refractivity contribution in [2.75, 3.05) is 11.9 Å². The van der Waals surface area contributed by atoms with E-state index >= 15 is 0 Å². The number of fused-ring (bicyclic) bond motifs is 1. The van der Waals surface area contributed by atoms with E-state index < -0.39 is 0 Å². The highest BCUT2D eigenvalue weighted by molar-refractivity contribution is 7.17. The molecule has 1 fully saturated rings. The minimum absolute atomic E-state index is 0.505. The summed E-state index contributed by atoms with van der Waals surface area (Å²) in [6.45, 7) is 7.82. The highest BCUT2D eigenvalue weighted by Crippen LogP contribution is 2.37. The summed E-state index contributed by atoms with van der Waals surface area (Å²) >= 11 is 7.64. The topological polar surface area (TPSA) is 59.2 Å². The maximum absolute atomic E-state index is 6.07. The van der Waals surface area contributed by atoms with Crippen LogP contribution in [0.2, 0.25) is 4.34 Å². The highest BCUT2D eigenvalue weighted by Gasteiger charge is 2.26. The molecule has 0 bridgehead atoms. The zero-order valence-electron chi connectivity index (χ0n) is 23.0. The average molecular weight is 557 g/mol. The average Bonchev–Trinajstić information content (AvgIpc) is 3.67. The summed E-state index contributed by atoms with van der Waals surface area (Å²) in [5.74, 6) is 1.32. The molecule has 1 atom stereocenters. The van der Waals surface area contributed by atoms with Crippen LogP contribution >= 0.6 is 22.9 Å². The molecule has 6 heteroatoms. The Morgan fingerprint density at radius 2 is 1.82 bits per heavy atom. The molecule has 4 aromatic rings. The monoisotopic (exact) mass is 556 g/mol. The number of hydrogen-bond acceptors (Lipinski definition) is 5. The maximum atomic E-state index is 6.07. The molecule has 5 rings (SSSR count). The molecule has 2 aromatic heterocycles. The fourth-order valence-electron chi connectivity index (χ4n) is 5.10. The molecular formula is C33H37ClN4S. The van der Waals surface area contributed by atoms with Crippen molar-refractivity contribution >= 4 is 68.9 Å². The molecule has 2 aromatic carbocycles. The lowest BCUT2D eigenvalue weighted by atomic mass is 9.90. The van der Waals surface area contributed by atoms with Crippen LogP contribution in [0.5, 0.6) is 0 Å². The minimum Gasteiger partial charge on any atom is -0.338 e. The van der Waals surface area contributed by atoms with Crippen molar-refractivity contribution in [2.24, 2.45) is 10.9 Å². The molecule has 0 aliphatic carbocycles. The van der Waals surface area contributed by atoms with Crippen LogP contribution in [0.25, 0.3) is 23.1 Å². The fourth-order valence-corrected chi connectivity index (χ4v) is 6.07. The van der Waals surface area contributed by atoms with E-state index in [1.54, 1.807) is 11.3 Å². The SMILES string of the molecule is CCCC(CCC)C(CC1CN1)=Nc1c(Nc2ccc(/C=C/c3ccc(Cl)s3)cc2)nc2ccccc2c1C. The van der Waals surface area contributed by atoms with Gasteiger partial charge in [-0.1, -0.05) is 74.7 Å². The van der Waals surface area contributed by atoms with Gasteiger partial charge in [0.1, 0.15) is 5.69 Å². The third-order valence-electron chi connectivity index (χ3n) is 7.28. The second kappa shape index (κ2) is 12.9. The van der Waals surface area contributed by atoms with Gasteiger partial charge >= 0.3 is 0 Å². The molecule has 1 aliphatic rings. The Labute approximate surface area is 241 Å². The second-order valence-corrected chi connectivity index (χ2v) is 12.1. The van der Waals surface area contributed by atoms with Crippen molar-refractivity contribution in [1.29, 1.82) is 0 Å². The van der Waals surface area contributed by atoms with Crippen LogP contribution in [0.1, 0.15) is 62.0 Å². The van der Waals surface area contributed by atoms with E-state index in [0.717, 1.165) is 55.8 Å². The quantitative estimate of drug-likeness (QED) is 0.135. The number of nitrogens with one attached hydrogen (secondary N) is 2. The van der Waals surface area contributed by atoms with Gasteiger partial charge in [-0.3, -0.25) is 4.99 Å². The van der Waals surface area contributed by atoms with E-state index in [4.69, 9.17) is 21.6 Å².